The Hall–Kier alpha value is -2.41. The Kier molecular flexibility index (Phi) is 8.46. The van der Waals surface area contributed by atoms with E-state index in [4.69, 9.17) is 21.3 Å². The van der Waals surface area contributed by atoms with Gasteiger partial charge in [0.05, 0.1) is 11.3 Å². The van der Waals surface area contributed by atoms with Gasteiger partial charge in [-0.15, -0.1) is 0 Å². The van der Waals surface area contributed by atoms with Gasteiger partial charge in [-0.1, -0.05) is 61.1 Å². The fraction of sp³-hybridized carbons (Fsp3) is 0.333. The maximum atomic E-state index is 13.2. The summed E-state index contributed by atoms with van der Waals surface area (Å²) in [6.07, 6.45) is 3.33. The summed E-state index contributed by atoms with van der Waals surface area (Å²) < 4.78 is 6.72. The second-order valence-corrected chi connectivity index (χ2v) is 8.32. The summed E-state index contributed by atoms with van der Waals surface area (Å²) in [7, 11) is 0. The molecule has 0 saturated carbocycles. The lowest BCUT2D eigenvalue weighted by atomic mass is 10.2. The molecule has 0 N–H and O–H groups in total. The van der Waals surface area contributed by atoms with Crippen LogP contribution in [0.1, 0.15) is 26.3 Å². The molecule has 0 saturated heterocycles. The van der Waals surface area contributed by atoms with Gasteiger partial charge in [-0.3, -0.25) is 9.69 Å². The Morgan fingerprint density at radius 1 is 1.10 bits per heavy atom. The number of amides is 1. The van der Waals surface area contributed by atoms with Gasteiger partial charge >= 0.3 is 0 Å². The SMILES string of the molecule is CCOc1cccc2sc(N(CCN(CC)CC)C(=O)/C=C/c3ccccc3Cl)nc12. The zero-order valence-corrected chi connectivity index (χ0v) is 19.7. The molecule has 0 aliphatic heterocycles. The summed E-state index contributed by atoms with van der Waals surface area (Å²) in [4.78, 5) is 22.0. The molecule has 0 fully saturated rings. The van der Waals surface area contributed by atoms with Crippen LogP contribution in [0.25, 0.3) is 16.3 Å². The minimum absolute atomic E-state index is 0.121. The van der Waals surface area contributed by atoms with Crippen LogP contribution < -0.4 is 9.64 Å². The smallest absolute Gasteiger partial charge is 0.252 e. The molecule has 31 heavy (non-hydrogen) atoms. The van der Waals surface area contributed by atoms with E-state index in [1.807, 2.05) is 49.4 Å². The average Bonchev–Trinajstić information content (AvgIpc) is 3.21. The van der Waals surface area contributed by atoms with Gasteiger partial charge in [0, 0.05) is 24.2 Å². The van der Waals surface area contributed by atoms with Crippen molar-refractivity contribution in [3.05, 3.63) is 59.1 Å². The average molecular weight is 458 g/mol. The van der Waals surface area contributed by atoms with Gasteiger partial charge in [-0.25, -0.2) is 4.98 Å². The molecule has 3 rings (SSSR count). The molecule has 1 aromatic heterocycles. The largest absolute Gasteiger partial charge is 0.492 e. The number of fused-ring (bicyclic) bond motifs is 1. The van der Waals surface area contributed by atoms with Crippen LogP contribution >= 0.6 is 22.9 Å². The monoisotopic (exact) mass is 457 g/mol. The number of nitrogens with zero attached hydrogens (tertiary/aromatic N) is 3. The zero-order chi connectivity index (χ0) is 22.2. The van der Waals surface area contributed by atoms with Crippen LogP contribution in [-0.4, -0.2) is 48.6 Å². The number of carbonyl (C=O) groups is 1. The van der Waals surface area contributed by atoms with E-state index in [-0.39, 0.29) is 5.91 Å². The quantitative estimate of drug-likeness (QED) is 0.364. The van der Waals surface area contributed by atoms with Crippen LogP contribution in [-0.2, 0) is 4.79 Å². The number of thiazole rings is 1. The lowest BCUT2D eigenvalue weighted by Crippen LogP contribution is -2.38. The van der Waals surface area contributed by atoms with Gasteiger partial charge in [-0.2, -0.15) is 0 Å². The first-order valence-electron chi connectivity index (χ1n) is 10.6. The Balaban J connectivity index is 1.92. The fourth-order valence-electron chi connectivity index (χ4n) is 3.24. The van der Waals surface area contributed by atoms with Crippen molar-refractivity contribution in [1.29, 1.82) is 0 Å². The van der Waals surface area contributed by atoms with Crippen molar-refractivity contribution < 1.29 is 9.53 Å². The third-order valence-corrected chi connectivity index (χ3v) is 6.40. The fourth-order valence-corrected chi connectivity index (χ4v) is 4.45. The number of hydrogen-bond acceptors (Lipinski definition) is 5. The number of aromatic nitrogens is 1. The summed E-state index contributed by atoms with van der Waals surface area (Å²) in [6.45, 7) is 9.95. The molecule has 0 aliphatic rings. The minimum atomic E-state index is -0.121. The second kappa shape index (κ2) is 11.3. The Labute approximate surface area is 192 Å². The zero-order valence-electron chi connectivity index (χ0n) is 18.2. The molecule has 0 unspecified atom stereocenters. The van der Waals surface area contributed by atoms with Crippen molar-refractivity contribution in [2.24, 2.45) is 0 Å². The first-order chi connectivity index (χ1) is 15.1. The highest BCUT2D eigenvalue weighted by Gasteiger charge is 2.20. The second-order valence-electron chi connectivity index (χ2n) is 6.90. The van der Waals surface area contributed by atoms with E-state index in [0.717, 1.165) is 41.2 Å². The van der Waals surface area contributed by atoms with Gasteiger partial charge in [0.1, 0.15) is 11.3 Å². The molecular formula is C24H28ClN3O2S. The highest BCUT2D eigenvalue weighted by molar-refractivity contribution is 7.22. The van der Waals surface area contributed by atoms with Crippen molar-refractivity contribution in [1.82, 2.24) is 9.88 Å². The number of para-hydroxylation sites is 1. The van der Waals surface area contributed by atoms with Crippen LogP contribution in [0.4, 0.5) is 5.13 Å². The molecule has 3 aromatic rings. The van der Waals surface area contributed by atoms with E-state index in [1.165, 1.54) is 11.3 Å². The highest BCUT2D eigenvalue weighted by Crippen LogP contribution is 2.34. The molecule has 1 heterocycles. The van der Waals surface area contributed by atoms with Crippen LogP contribution in [0.2, 0.25) is 5.02 Å². The van der Waals surface area contributed by atoms with Crippen molar-refractivity contribution in [3.8, 4) is 5.75 Å². The van der Waals surface area contributed by atoms with E-state index in [0.29, 0.717) is 23.3 Å². The van der Waals surface area contributed by atoms with E-state index in [2.05, 4.69) is 18.7 Å². The number of carbonyl (C=O) groups excluding carboxylic acids is 1. The number of anilines is 1. The van der Waals surface area contributed by atoms with Crippen molar-refractivity contribution in [2.75, 3.05) is 37.7 Å². The third-order valence-electron chi connectivity index (χ3n) is 5.01. The number of hydrogen-bond donors (Lipinski definition) is 0. The summed E-state index contributed by atoms with van der Waals surface area (Å²) >= 11 is 7.74. The van der Waals surface area contributed by atoms with Crippen LogP contribution in [0.5, 0.6) is 5.75 Å². The molecule has 7 heteroatoms. The van der Waals surface area contributed by atoms with Crippen molar-refractivity contribution in [3.63, 3.8) is 0 Å². The van der Waals surface area contributed by atoms with Crippen molar-refractivity contribution in [2.45, 2.75) is 20.8 Å². The van der Waals surface area contributed by atoms with Crippen LogP contribution in [0.15, 0.2) is 48.5 Å². The minimum Gasteiger partial charge on any atom is -0.492 e. The number of likely N-dealkylation sites (N-methyl/N-ethyl adjacent to an activating group) is 1. The molecule has 5 nitrogen and oxygen atoms in total. The molecule has 164 valence electrons. The summed E-state index contributed by atoms with van der Waals surface area (Å²) in [5.74, 6) is 0.620. The first-order valence-corrected chi connectivity index (χ1v) is 11.8. The molecule has 1 amide bonds. The maximum Gasteiger partial charge on any atom is 0.252 e. The van der Waals surface area contributed by atoms with Gasteiger partial charge < -0.3 is 9.64 Å². The standard InChI is InChI=1S/C24H28ClN3O2S/c1-4-27(5-2)16-17-28(22(29)15-14-18-10-7-8-11-19(18)25)24-26-23-20(30-6-3)12-9-13-21(23)31-24/h7-15H,4-6,16-17H2,1-3H3/b15-14+. The predicted octanol–water partition coefficient (Wildman–Crippen LogP) is 5.74. The summed E-state index contributed by atoms with van der Waals surface area (Å²) in [5.41, 5.74) is 1.60. The molecule has 0 spiro atoms. The molecule has 0 atom stereocenters. The van der Waals surface area contributed by atoms with Crippen LogP contribution in [0.3, 0.4) is 0 Å². The summed E-state index contributed by atoms with van der Waals surface area (Å²) in [6, 6.07) is 13.3. The Bertz CT molecular complexity index is 1050. The van der Waals surface area contributed by atoms with Gasteiger partial charge in [0.2, 0.25) is 0 Å². The molecule has 0 radical (unpaired) electrons. The van der Waals surface area contributed by atoms with Crippen LogP contribution in [0, 0.1) is 0 Å². The normalized spacial score (nSPS) is 11.5. The highest BCUT2D eigenvalue weighted by atomic mass is 35.5. The summed E-state index contributed by atoms with van der Waals surface area (Å²) in [5, 5.41) is 1.28. The van der Waals surface area contributed by atoms with Crippen molar-refractivity contribution >= 4 is 50.3 Å². The van der Waals surface area contributed by atoms with Gasteiger partial charge in [-0.05, 0) is 49.9 Å². The first kappa shape index (κ1) is 23.3. The van der Waals surface area contributed by atoms with E-state index in [9.17, 15) is 4.79 Å². The molecule has 0 bridgehead atoms. The topological polar surface area (TPSA) is 45.7 Å². The van der Waals surface area contributed by atoms with E-state index < -0.39 is 0 Å². The lowest BCUT2D eigenvalue weighted by molar-refractivity contribution is -0.114. The third kappa shape index (κ3) is 5.85. The molecule has 2 aromatic carbocycles. The Morgan fingerprint density at radius 3 is 2.58 bits per heavy atom. The number of benzene rings is 2. The number of halogens is 1. The van der Waals surface area contributed by atoms with Gasteiger partial charge in [0.15, 0.2) is 5.13 Å². The van der Waals surface area contributed by atoms with E-state index >= 15 is 0 Å². The molecular weight excluding hydrogens is 430 g/mol. The van der Waals surface area contributed by atoms with Gasteiger partial charge in [0.25, 0.3) is 5.91 Å². The number of ether oxygens (including phenoxy) is 1. The van der Waals surface area contributed by atoms with E-state index in [1.54, 1.807) is 17.1 Å². The predicted molar refractivity (Wildman–Crippen MR) is 131 cm³/mol. The molecule has 0 aliphatic carbocycles. The lowest BCUT2D eigenvalue weighted by Gasteiger charge is -2.23. The number of rotatable bonds is 10. The maximum absolute atomic E-state index is 13.2. The Morgan fingerprint density at radius 2 is 1.87 bits per heavy atom.